The van der Waals surface area contributed by atoms with Gasteiger partial charge in [-0.3, -0.25) is 9.59 Å². The molecule has 0 fully saturated rings. The number of nitrogens with zero attached hydrogens (tertiary/aromatic N) is 1. The highest BCUT2D eigenvalue weighted by Crippen LogP contribution is 2.23. The minimum Gasteiger partial charge on any atom is -0.481 e. The molecule has 0 bridgehead atoms. The van der Waals surface area contributed by atoms with Crippen LogP contribution in [0.3, 0.4) is 0 Å². The minimum absolute atomic E-state index is 0.160. The van der Waals surface area contributed by atoms with E-state index in [1.165, 1.54) is 0 Å². The first-order valence-electron chi connectivity index (χ1n) is 7.66. The standard InChI is InChI=1S/C15H22N2O4/c18-13(19)9-3-1-2-6-10-16-15(20)14-11-7-4-5-8-12(11)21-17-14/h1-10H2,(H,16,20)(H,18,19). The average Bonchev–Trinajstić information content (AvgIpc) is 2.89. The molecule has 0 atom stereocenters. The Kier molecular flexibility index (Phi) is 5.78. The van der Waals surface area contributed by atoms with Crippen LogP contribution in [0, 0.1) is 0 Å². The van der Waals surface area contributed by atoms with Crippen LogP contribution in [0.5, 0.6) is 0 Å². The Morgan fingerprint density at radius 2 is 1.90 bits per heavy atom. The van der Waals surface area contributed by atoms with Gasteiger partial charge in [-0.05, 0) is 32.1 Å². The molecule has 1 aromatic rings. The number of hydrogen-bond acceptors (Lipinski definition) is 4. The predicted molar refractivity (Wildman–Crippen MR) is 76.2 cm³/mol. The van der Waals surface area contributed by atoms with E-state index in [9.17, 15) is 9.59 Å². The molecule has 0 saturated carbocycles. The van der Waals surface area contributed by atoms with E-state index in [0.717, 1.165) is 56.3 Å². The summed E-state index contributed by atoms with van der Waals surface area (Å²) in [5.41, 5.74) is 1.41. The molecule has 1 heterocycles. The van der Waals surface area contributed by atoms with E-state index in [2.05, 4.69) is 10.5 Å². The molecular formula is C15H22N2O4. The van der Waals surface area contributed by atoms with Crippen LogP contribution in [0.1, 0.15) is 66.8 Å². The maximum atomic E-state index is 12.0. The zero-order chi connectivity index (χ0) is 15.1. The number of carbonyl (C=O) groups is 2. The molecule has 0 aliphatic heterocycles. The second-order valence-corrected chi connectivity index (χ2v) is 5.45. The number of carbonyl (C=O) groups excluding carboxylic acids is 1. The Bertz CT molecular complexity index is 496. The molecule has 21 heavy (non-hydrogen) atoms. The summed E-state index contributed by atoms with van der Waals surface area (Å²) in [7, 11) is 0. The first-order chi connectivity index (χ1) is 10.2. The smallest absolute Gasteiger partial charge is 0.303 e. The maximum Gasteiger partial charge on any atom is 0.303 e. The summed E-state index contributed by atoms with van der Waals surface area (Å²) in [5, 5.41) is 15.3. The van der Waals surface area contributed by atoms with Gasteiger partial charge in [-0.2, -0.15) is 0 Å². The van der Waals surface area contributed by atoms with E-state index < -0.39 is 5.97 Å². The van der Waals surface area contributed by atoms with Crippen LogP contribution in [-0.4, -0.2) is 28.7 Å². The van der Waals surface area contributed by atoms with Gasteiger partial charge in [0.25, 0.3) is 5.91 Å². The average molecular weight is 294 g/mol. The van der Waals surface area contributed by atoms with Crippen molar-refractivity contribution < 1.29 is 19.2 Å². The third kappa shape index (κ3) is 4.58. The summed E-state index contributed by atoms with van der Waals surface area (Å²) in [6.07, 6.45) is 7.49. The van der Waals surface area contributed by atoms with Crippen molar-refractivity contribution in [1.29, 1.82) is 0 Å². The Balaban J connectivity index is 1.66. The summed E-state index contributed by atoms with van der Waals surface area (Å²) >= 11 is 0. The first kappa shape index (κ1) is 15.5. The molecule has 0 aromatic carbocycles. The second-order valence-electron chi connectivity index (χ2n) is 5.45. The Morgan fingerprint density at radius 1 is 1.14 bits per heavy atom. The monoisotopic (exact) mass is 294 g/mol. The number of amides is 1. The highest BCUT2D eigenvalue weighted by atomic mass is 16.5. The van der Waals surface area contributed by atoms with E-state index >= 15 is 0 Å². The van der Waals surface area contributed by atoms with Gasteiger partial charge in [0.2, 0.25) is 0 Å². The Hall–Kier alpha value is -1.85. The molecule has 6 nitrogen and oxygen atoms in total. The van der Waals surface area contributed by atoms with Gasteiger partial charge in [0.05, 0.1) is 0 Å². The number of rotatable bonds is 8. The van der Waals surface area contributed by atoms with Gasteiger partial charge in [0, 0.05) is 24.9 Å². The van der Waals surface area contributed by atoms with Gasteiger partial charge in [-0.1, -0.05) is 18.0 Å². The van der Waals surface area contributed by atoms with E-state index in [-0.39, 0.29) is 12.3 Å². The van der Waals surface area contributed by atoms with Gasteiger partial charge in [0.15, 0.2) is 5.69 Å². The third-order valence-electron chi connectivity index (χ3n) is 3.77. The van der Waals surface area contributed by atoms with Crippen LogP contribution >= 0.6 is 0 Å². The lowest BCUT2D eigenvalue weighted by Crippen LogP contribution is -2.26. The zero-order valence-electron chi connectivity index (χ0n) is 12.2. The first-order valence-corrected chi connectivity index (χ1v) is 7.66. The van der Waals surface area contributed by atoms with Crippen molar-refractivity contribution in [2.75, 3.05) is 6.54 Å². The lowest BCUT2D eigenvalue weighted by molar-refractivity contribution is -0.137. The predicted octanol–water partition coefficient (Wildman–Crippen LogP) is 2.32. The quantitative estimate of drug-likeness (QED) is 0.718. The van der Waals surface area contributed by atoms with E-state index in [1.807, 2.05) is 0 Å². The number of carboxylic acids is 1. The molecule has 2 rings (SSSR count). The number of carboxylic acid groups (broad SMARTS) is 1. The molecular weight excluding hydrogens is 272 g/mol. The molecule has 2 N–H and O–H groups in total. The van der Waals surface area contributed by atoms with Crippen molar-refractivity contribution in [1.82, 2.24) is 10.5 Å². The lowest BCUT2D eigenvalue weighted by Gasteiger charge is -2.09. The SMILES string of the molecule is O=C(O)CCCCCCNC(=O)c1noc2c1CCCC2. The van der Waals surface area contributed by atoms with Crippen molar-refractivity contribution in [3.63, 3.8) is 0 Å². The van der Waals surface area contributed by atoms with Crippen molar-refractivity contribution in [3.8, 4) is 0 Å². The molecule has 6 heteroatoms. The lowest BCUT2D eigenvalue weighted by atomic mass is 9.96. The fraction of sp³-hybridized carbons (Fsp3) is 0.667. The fourth-order valence-corrected chi connectivity index (χ4v) is 2.60. The highest BCUT2D eigenvalue weighted by Gasteiger charge is 2.23. The number of fused-ring (bicyclic) bond motifs is 1. The van der Waals surface area contributed by atoms with Crippen molar-refractivity contribution in [2.24, 2.45) is 0 Å². The van der Waals surface area contributed by atoms with Crippen LogP contribution in [0.4, 0.5) is 0 Å². The summed E-state index contributed by atoms with van der Waals surface area (Å²) in [4.78, 5) is 22.4. The number of nitrogens with one attached hydrogen (secondary N) is 1. The molecule has 1 aromatic heterocycles. The van der Waals surface area contributed by atoms with Crippen LogP contribution in [-0.2, 0) is 17.6 Å². The number of hydrogen-bond donors (Lipinski definition) is 2. The van der Waals surface area contributed by atoms with Crippen LogP contribution in [0.2, 0.25) is 0 Å². The molecule has 0 radical (unpaired) electrons. The zero-order valence-corrected chi connectivity index (χ0v) is 12.2. The minimum atomic E-state index is -0.751. The molecule has 1 aliphatic rings. The second kappa shape index (κ2) is 7.81. The van der Waals surface area contributed by atoms with Gasteiger partial charge >= 0.3 is 5.97 Å². The van der Waals surface area contributed by atoms with Gasteiger partial charge in [-0.15, -0.1) is 0 Å². The van der Waals surface area contributed by atoms with Crippen molar-refractivity contribution in [2.45, 2.75) is 57.8 Å². The van der Waals surface area contributed by atoms with Crippen molar-refractivity contribution >= 4 is 11.9 Å². The normalized spacial score (nSPS) is 13.7. The summed E-state index contributed by atoms with van der Waals surface area (Å²) in [5.74, 6) is -0.0494. The summed E-state index contributed by atoms with van der Waals surface area (Å²) in [6, 6.07) is 0. The molecule has 0 unspecified atom stereocenters. The molecule has 0 saturated heterocycles. The van der Waals surface area contributed by atoms with E-state index in [4.69, 9.17) is 9.63 Å². The van der Waals surface area contributed by atoms with Crippen molar-refractivity contribution in [3.05, 3.63) is 17.0 Å². The Morgan fingerprint density at radius 3 is 2.71 bits per heavy atom. The van der Waals surface area contributed by atoms with E-state index in [0.29, 0.717) is 18.7 Å². The number of aromatic nitrogens is 1. The number of aryl methyl sites for hydroxylation is 1. The van der Waals surface area contributed by atoms with Crippen LogP contribution < -0.4 is 5.32 Å². The van der Waals surface area contributed by atoms with Gasteiger partial charge in [0.1, 0.15) is 5.76 Å². The Labute approximate surface area is 123 Å². The number of unbranched alkanes of at least 4 members (excludes halogenated alkanes) is 3. The maximum absolute atomic E-state index is 12.0. The molecule has 0 spiro atoms. The summed E-state index contributed by atoms with van der Waals surface area (Å²) < 4.78 is 5.22. The molecule has 1 amide bonds. The van der Waals surface area contributed by atoms with Gasteiger partial charge in [-0.25, -0.2) is 0 Å². The summed E-state index contributed by atoms with van der Waals surface area (Å²) in [6.45, 7) is 0.591. The van der Waals surface area contributed by atoms with Gasteiger partial charge < -0.3 is 14.9 Å². The third-order valence-corrected chi connectivity index (χ3v) is 3.77. The number of aliphatic carboxylic acids is 1. The molecule has 1 aliphatic carbocycles. The highest BCUT2D eigenvalue weighted by molar-refractivity contribution is 5.93. The largest absolute Gasteiger partial charge is 0.481 e. The topological polar surface area (TPSA) is 92.4 Å². The van der Waals surface area contributed by atoms with E-state index in [1.54, 1.807) is 0 Å². The fourth-order valence-electron chi connectivity index (χ4n) is 2.60. The van der Waals surface area contributed by atoms with Crippen LogP contribution in [0.25, 0.3) is 0 Å². The molecule has 116 valence electrons. The van der Waals surface area contributed by atoms with Crippen LogP contribution in [0.15, 0.2) is 4.52 Å².